The van der Waals surface area contributed by atoms with Gasteiger partial charge in [-0.1, -0.05) is 5.16 Å². The van der Waals surface area contributed by atoms with Crippen molar-refractivity contribution < 1.29 is 18.4 Å². The number of rotatable bonds is 4. The number of halogens is 1. The molecule has 2 aliphatic rings. The molecule has 2 aliphatic heterocycles. The Kier molecular flexibility index (Phi) is 5.05. The van der Waals surface area contributed by atoms with Crippen molar-refractivity contribution in [2.75, 3.05) is 26.3 Å². The lowest BCUT2D eigenvalue weighted by molar-refractivity contribution is -0.161. The normalized spacial score (nSPS) is 27.4. The zero-order valence-electron chi connectivity index (χ0n) is 14.3. The van der Waals surface area contributed by atoms with Crippen LogP contribution in [0.4, 0.5) is 4.39 Å². The standard InChI is InChI=1S/C17H19BFN3O3S/c1-9(24-15-11-5-22(18)6-12(15)8-23-7-11)17-20-16(21-25-17)10-2-3-14(26)13(19)4-10/h2-4,9,11-12,15,26H,5-8H2,1H3/t9-,11?,12?,15?/m1/s1. The van der Waals surface area contributed by atoms with Gasteiger partial charge in [-0.15, -0.1) is 12.6 Å². The quantitative estimate of drug-likeness (QED) is 0.654. The molecule has 2 saturated heterocycles. The van der Waals surface area contributed by atoms with E-state index in [0.29, 0.717) is 30.5 Å². The summed E-state index contributed by atoms with van der Waals surface area (Å²) in [6.07, 6.45) is -0.336. The first-order valence-electron chi connectivity index (χ1n) is 8.56. The molecule has 6 nitrogen and oxygen atoms in total. The molecule has 2 bridgehead atoms. The molecule has 2 unspecified atom stereocenters. The molecule has 0 N–H and O–H groups in total. The highest BCUT2D eigenvalue weighted by Gasteiger charge is 2.41. The van der Waals surface area contributed by atoms with E-state index < -0.39 is 5.82 Å². The Labute approximate surface area is 157 Å². The third-order valence-corrected chi connectivity index (χ3v) is 5.25. The van der Waals surface area contributed by atoms with Crippen molar-refractivity contribution in [3.8, 4) is 11.4 Å². The summed E-state index contributed by atoms with van der Waals surface area (Å²) in [7, 11) is 5.96. The predicted molar refractivity (Wildman–Crippen MR) is 95.4 cm³/mol. The largest absolute Gasteiger partial charge is 0.381 e. The fraction of sp³-hybridized carbons (Fsp3) is 0.529. The fourth-order valence-electron chi connectivity index (χ4n) is 3.62. The zero-order valence-corrected chi connectivity index (χ0v) is 15.2. The van der Waals surface area contributed by atoms with Crippen molar-refractivity contribution in [2.45, 2.75) is 24.0 Å². The van der Waals surface area contributed by atoms with E-state index in [1.165, 1.54) is 6.07 Å². The molecule has 9 heteroatoms. The minimum absolute atomic E-state index is 0.0369. The molecule has 2 aromatic rings. The van der Waals surface area contributed by atoms with Crippen molar-refractivity contribution >= 4 is 20.6 Å². The van der Waals surface area contributed by atoms with Crippen LogP contribution in [0.3, 0.4) is 0 Å². The highest BCUT2D eigenvalue weighted by molar-refractivity contribution is 7.80. The first-order valence-corrected chi connectivity index (χ1v) is 9.01. The molecule has 0 amide bonds. The van der Waals surface area contributed by atoms with Gasteiger partial charge in [0.25, 0.3) is 5.89 Å². The van der Waals surface area contributed by atoms with Crippen molar-refractivity contribution in [1.29, 1.82) is 0 Å². The van der Waals surface area contributed by atoms with Crippen LogP contribution < -0.4 is 0 Å². The molecule has 3 heterocycles. The molecule has 2 fully saturated rings. The number of ether oxygens (including phenoxy) is 2. The minimum atomic E-state index is -0.428. The maximum absolute atomic E-state index is 13.7. The molecule has 0 saturated carbocycles. The minimum Gasteiger partial charge on any atom is -0.381 e. The number of nitrogens with zero attached hydrogens (tertiary/aromatic N) is 3. The van der Waals surface area contributed by atoms with E-state index in [9.17, 15) is 4.39 Å². The third kappa shape index (κ3) is 3.53. The van der Waals surface area contributed by atoms with Crippen molar-refractivity contribution in [2.24, 2.45) is 11.8 Å². The van der Waals surface area contributed by atoms with Gasteiger partial charge < -0.3 is 18.8 Å². The summed E-state index contributed by atoms with van der Waals surface area (Å²) >= 11 is 4.03. The maximum Gasteiger partial charge on any atom is 0.255 e. The molecule has 2 radical (unpaired) electrons. The number of thiol groups is 1. The molecule has 0 aliphatic carbocycles. The molecule has 26 heavy (non-hydrogen) atoms. The summed E-state index contributed by atoms with van der Waals surface area (Å²) < 4.78 is 30.9. The Balaban J connectivity index is 1.48. The number of piperidine rings is 1. The highest BCUT2D eigenvalue weighted by Crippen LogP contribution is 2.33. The first-order chi connectivity index (χ1) is 12.5. The fourth-order valence-corrected chi connectivity index (χ4v) is 3.75. The van der Waals surface area contributed by atoms with E-state index in [2.05, 4.69) is 22.8 Å². The highest BCUT2D eigenvalue weighted by atomic mass is 32.1. The van der Waals surface area contributed by atoms with E-state index in [0.717, 1.165) is 13.1 Å². The molecular formula is C17H19BFN3O3S. The summed E-state index contributed by atoms with van der Waals surface area (Å²) in [5.74, 6) is 0.694. The van der Waals surface area contributed by atoms with Gasteiger partial charge in [-0.05, 0) is 38.2 Å². The Bertz CT molecular complexity index is 778. The smallest absolute Gasteiger partial charge is 0.255 e. The molecule has 4 rings (SSSR count). The number of aromatic nitrogens is 2. The van der Waals surface area contributed by atoms with Crippen molar-refractivity contribution in [3.05, 3.63) is 29.9 Å². The van der Waals surface area contributed by atoms with Crippen molar-refractivity contribution in [3.63, 3.8) is 0 Å². The van der Waals surface area contributed by atoms with E-state index in [4.69, 9.17) is 22.0 Å². The second-order valence-electron chi connectivity index (χ2n) is 6.88. The lowest BCUT2D eigenvalue weighted by atomic mass is 9.83. The van der Waals surface area contributed by atoms with Crippen LogP contribution in [-0.4, -0.2) is 55.3 Å². The van der Waals surface area contributed by atoms with Crippen LogP contribution in [0.25, 0.3) is 11.4 Å². The molecule has 3 atom stereocenters. The van der Waals surface area contributed by atoms with Gasteiger partial charge in [0.1, 0.15) is 11.9 Å². The Hall–Kier alpha value is -1.42. The summed E-state index contributed by atoms with van der Waals surface area (Å²) in [5, 5.41) is 3.94. The summed E-state index contributed by atoms with van der Waals surface area (Å²) in [6.45, 7) is 4.61. The molecule has 136 valence electrons. The third-order valence-electron chi connectivity index (χ3n) is 4.89. The van der Waals surface area contributed by atoms with E-state index in [-0.39, 0.29) is 28.9 Å². The van der Waals surface area contributed by atoms with Crippen LogP contribution in [-0.2, 0) is 9.47 Å². The SMILES string of the molecule is [B]N1CC2COCC(C1)C2O[C@H](C)c1nc(-c2ccc(S)c(F)c2)no1. The number of benzene rings is 1. The van der Waals surface area contributed by atoms with Gasteiger partial charge in [-0.25, -0.2) is 4.39 Å². The van der Waals surface area contributed by atoms with E-state index in [1.54, 1.807) is 12.1 Å². The second-order valence-corrected chi connectivity index (χ2v) is 7.36. The number of hydrogen-bond acceptors (Lipinski definition) is 7. The van der Waals surface area contributed by atoms with Crippen LogP contribution in [0.2, 0.25) is 0 Å². The Morgan fingerprint density at radius 1 is 1.35 bits per heavy atom. The number of hydrogen-bond donors (Lipinski definition) is 1. The maximum atomic E-state index is 13.7. The van der Waals surface area contributed by atoms with Crippen LogP contribution in [0.5, 0.6) is 0 Å². The molecule has 0 spiro atoms. The average Bonchev–Trinajstić information content (AvgIpc) is 3.08. The summed E-state index contributed by atoms with van der Waals surface area (Å²) in [4.78, 5) is 6.46. The summed E-state index contributed by atoms with van der Waals surface area (Å²) in [5.41, 5.74) is 0.532. The Morgan fingerprint density at radius 3 is 2.77 bits per heavy atom. The van der Waals surface area contributed by atoms with E-state index in [1.807, 2.05) is 11.7 Å². The Morgan fingerprint density at radius 2 is 2.08 bits per heavy atom. The van der Waals surface area contributed by atoms with Crippen molar-refractivity contribution in [1.82, 2.24) is 15.0 Å². The summed E-state index contributed by atoms with van der Waals surface area (Å²) in [6, 6.07) is 4.59. The average molecular weight is 375 g/mol. The monoisotopic (exact) mass is 375 g/mol. The number of fused-ring (bicyclic) bond motifs is 2. The molecule has 1 aromatic carbocycles. The second kappa shape index (κ2) is 7.30. The molecular weight excluding hydrogens is 356 g/mol. The van der Waals surface area contributed by atoms with Crippen LogP contribution in [0, 0.1) is 17.7 Å². The van der Waals surface area contributed by atoms with Gasteiger partial charge in [-0.3, -0.25) is 0 Å². The van der Waals surface area contributed by atoms with Gasteiger partial charge in [0.05, 0.1) is 19.3 Å². The lowest BCUT2D eigenvalue weighted by Gasteiger charge is -2.46. The van der Waals surface area contributed by atoms with Gasteiger partial charge in [-0.2, -0.15) is 4.98 Å². The topological polar surface area (TPSA) is 60.6 Å². The molecule has 1 aromatic heterocycles. The van der Waals surface area contributed by atoms with Crippen LogP contribution >= 0.6 is 12.6 Å². The van der Waals surface area contributed by atoms with Gasteiger partial charge in [0.15, 0.2) is 7.98 Å². The lowest BCUT2D eigenvalue weighted by Crippen LogP contribution is -2.55. The van der Waals surface area contributed by atoms with Gasteiger partial charge in [0, 0.05) is 22.3 Å². The van der Waals surface area contributed by atoms with Crippen LogP contribution in [0.15, 0.2) is 27.6 Å². The van der Waals surface area contributed by atoms with Crippen LogP contribution in [0.1, 0.15) is 18.9 Å². The predicted octanol–water partition coefficient (Wildman–Crippen LogP) is 2.27. The first kappa shape index (κ1) is 18.0. The zero-order chi connectivity index (χ0) is 18.3. The van der Waals surface area contributed by atoms with Gasteiger partial charge >= 0.3 is 0 Å². The van der Waals surface area contributed by atoms with E-state index >= 15 is 0 Å². The van der Waals surface area contributed by atoms with Gasteiger partial charge in [0.2, 0.25) is 5.82 Å².